The molecule has 1 aromatic carbocycles. The summed E-state index contributed by atoms with van der Waals surface area (Å²) in [5.74, 6) is 1.32. The van der Waals surface area contributed by atoms with Crippen LogP contribution in [0.15, 0.2) is 30.3 Å². The summed E-state index contributed by atoms with van der Waals surface area (Å²) in [7, 11) is 0. The van der Waals surface area contributed by atoms with Crippen molar-refractivity contribution >= 4 is 0 Å². The molecule has 3 fully saturated rings. The van der Waals surface area contributed by atoms with Gasteiger partial charge in [0.15, 0.2) is 0 Å². The van der Waals surface area contributed by atoms with Gasteiger partial charge in [-0.25, -0.2) is 0 Å². The molecule has 0 amide bonds. The zero-order valence-corrected chi connectivity index (χ0v) is 10.5. The van der Waals surface area contributed by atoms with Crippen molar-refractivity contribution in [3.63, 3.8) is 0 Å². The maximum atomic E-state index is 6.28. The maximum absolute atomic E-state index is 6.28. The van der Waals surface area contributed by atoms with E-state index in [1.54, 1.807) is 0 Å². The van der Waals surface area contributed by atoms with Gasteiger partial charge >= 0.3 is 0 Å². The van der Waals surface area contributed by atoms with Gasteiger partial charge in [-0.1, -0.05) is 30.3 Å². The zero-order chi connectivity index (χ0) is 12.1. The van der Waals surface area contributed by atoms with Gasteiger partial charge in [-0.2, -0.15) is 0 Å². The van der Waals surface area contributed by atoms with E-state index in [4.69, 9.17) is 10.5 Å². The summed E-state index contributed by atoms with van der Waals surface area (Å²) in [6.45, 7) is 3.21. The van der Waals surface area contributed by atoms with Gasteiger partial charge in [-0.3, -0.25) is 4.90 Å². The number of rotatable bonds is 2. The molecular weight excluding hydrogens is 224 g/mol. The van der Waals surface area contributed by atoms with Crippen LogP contribution in [-0.2, 0) is 4.74 Å². The molecule has 18 heavy (non-hydrogen) atoms. The van der Waals surface area contributed by atoms with Gasteiger partial charge in [-0.05, 0) is 12.0 Å². The molecule has 1 saturated carbocycles. The second-order valence-electron chi connectivity index (χ2n) is 5.92. The minimum Gasteiger partial charge on any atom is -0.376 e. The fourth-order valence-electron chi connectivity index (χ4n) is 3.86. The van der Waals surface area contributed by atoms with E-state index in [1.165, 1.54) is 5.56 Å². The molecule has 2 saturated heterocycles. The zero-order valence-electron chi connectivity index (χ0n) is 10.5. The molecule has 96 valence electrons. The van der Waals surface area contributed by atoms with Crippen LogP contribution in [0.1, 0.15) is 17.9 Å². The van der Waals surface area contributed by atoms with Crippen molar-refractivity contribution in [3.8, 4) is 0 Å². The Kier molecular flexibility index (Phi) is 2.47. The van der Waals surface area contributed by atoms with Crippen LogP contribution in [0.25, 0.3) is 0 Å². The Morgan fingerprint density at radius 1 is 1.17 bits per heavy atom. The van der Waals surface area contributed by atoms with Gasteiger partial charge in [0.05, 0.1) is 12.1 Å². The van der Waals surface area contributed by atoms with E-state index in [0.717, 1.165) is 26.1 Å². The Morgan fingerprint density at radius 3 is 2.72 bits per heavy atom. The number of ether oxygens (including phenoxy) is 1. The summed E-state index contributed by atoms with van der Waals surface area (Å²) < 4.78 is 5.81. The van der Waals surface area contributed by atoms with Crippen LogP contribution in [0.5, 0.6) is 0 Å². The van der Waals surface area contributed by atoms with Crippen molar-refractivity contribution in [1.82, 2.24) is 4.90 Å². The molecule has 4 atom stereocenters. The molecule has 0 bridgehead atoms. The highest BCUT2D eigenvalue weighted by Gasteiger charge is 2.56. The molecule has 3 nitrogen and oxygen atoms in total. The Morgan fingerprint density at radius 2 is 1.94 bits per heavy atom. The SMILES string of the molecule is NC1C2CCOC2C1N1CC(c2ccccc2)C1. The lowest BCUT2D eigenvalue weighted by Crippen LogP contribution is -2.72. The average molecular weight is 244 g/mol. The molecule has 3 heteroatoms. The number of nitrogens with two attached hydrogens (primary N) is 1. The molecule has 4 unspecified atom stereocenters. The van der Waals surface area contributed by atoms with Crippen molar-refractivity contribution in [1.29, 1.82) is 0 Å². The third-order valence-corrected chi connectivity index (χ3v) is 5.01. The Hall–Kier alpha value is -0.900. The van der Waals surface area contributed by atoms with E-state index in [1.807, 2.05) is 0 Å². The van der Waals surface area contributed by atoms with Crippen molar-refractivity contribution in [2.24, 2.45) is 11.7 Å². The normalized spacial score (nSPS) is 40.1. The summed E-state index contributed by atoms with van der Waals surface area (Å²) >= 11 is 0. The van der Waals surface area contributed by atoms with E-state index >= 15 is 0 Å². The van der Waals surface area contributed by atoms with Crippen LogP contribution in [0, 0.1) is 5.92 Å². The van der Waals surface area contributed by atoms with E-state index in [2.05, 4.69) is 35.2 Å². The van der Waals surface area contributed by atoms with Gasteiger partial charge in [0.2, 0.25) is 0 Å². The second-order valence-corrected chi connectivity index (χ2v) is 5.92. The smallest absolute Gasteiger partial charge is 0.0789 e. The molecule has 2 heterocycles. The number of benzene rings is 1. The summed E-state index contributed by atoms with van der Waals surface area (Å²) in [6, 6.07) is 11.6. The monoisotopic (exact) mass is 244 g/mol. The number of hydrogen-bond donors (Lipinski definition) is 1. The standard InChI is InChI=1S/C15H20N2O/c16-13-12-6-7-18-15(12)14(13)17-8-11(9-17)10-4-2-1-3-5-10/h1-5,11-15H,6-9,16H2. The first-order valence-electron chi connectivity index (χ1n) is 7.01. The minimum absolute atomic E-state index is 0.342. The topological polar surface area (TPSA) is 38.5 Å². The summed E-state index contributed by atoms with van der Waals surface area (Å²) in [6.07, 6.45) is 1.59. The van der Waals surface area contributed by atoms with Gasteiger partial charge in [0.1, 0.15) is 0 Å². The molecule has 1 aliphatic carbocycles. The van der Waals surface area contributed by atoms with Crippen molar-refractivity contribution in [2.75, 3.05) is 19.7 Å². The number of fused-ring (bicyclic) bond motifs is 1. The van der Waals surface area contributed by atoms with Crippen molar-refractivity contribution in [2.45, 2.75) is 30.5 Å². The summed E-state index contributed by atoms with van der Waals surface area (Å²) in [4.78, 5) is 2.52. The molecule has 1 aromatic rings. The molecule has 0 aromatic heterocycles. The Bertz CT molecular complexity index is 429. The Labute approximate surface area is 108 Å². The minimum atomic E-state index is 0.342. The van der Waals surface area contributed by atoms with Crippen LogP contribution in [0.2, 0.25) is 0 Å². The molecule has 2 aliphatic heterocycles. The lowest BCUT2D eigenvalue weighted by atomic mass is 9.69. The van der Waals surface area contributed by atoms with Crippen molar-refractivity contribution < 1.29 is 4.74 Å². The number of likely N-dealkylation sites (tertiary alicyclic amines) is 1. The van der Waals surface area contributed by atoms with E-state index < -0.39 is 0 Å². The third kappa shape index (κ3) is 1.48. The molecule has 2 N–H and O–H groups in total. The van der Waals surface area contributed by atoms with Crippen LogP contribution < -0.4 is 5.73 Å². The van der Waals surface area contributed by atoms with Crippen LogP contribution >= 0.6 is 0 Å². The van der Waals surface area contributed by atoms with Gasteiger partial charge in [0.25, 0.3) is 0 Å². The quantitative estimate of drug-likeness (QED) is 0.849. The average Bonchev–Trinajstić information content (AvgIpc) is 2.78. The highest BCUT2D eigenvalue weighted by Crippen LogP contribution is 2.44. The number of hydrogen-bond acceptors (Lipinski definition) is 3. The van der Waals surface area contributed by atoms with Crippen LogP contribution in [0.3, 0.4) is 0 Å². The summed E-state index contributed by atoms with van der Waals surface area (Å²) in [5.41, 5.74) is 7.74. The first-order valence-corrected chi connectivity index (χ1v) is 7.01. The molecule has 4 rings (SSSR count). The summed E-state index contributed by atoms with van der Waals surface area (Å²) in [5, 5.41) is 0. The van der Waals surface area contributed by atoms with E-state index in [-0.39, 0.29) is 0 Å². The molecular formula is C15H20N2O. The largest absolute Gasteiger partial charge is 0.376 e. The van der Waals surface area contributed by atoms with Crippen molar-refractivity contribution in [3.05, 3.63) is 35.9 Å². The molecule has 0 radical (unpaired) electrons. The lowest BCUT2D eigenvalue weighted by molar-refractivity contribution is -0.0982. The highest BCUT2D eigenvalue weighted by atomic mass is 16.5. The van der Waals surface area contributed by atoms with Crippen LogP contribution in [0.4, 0.5) is 0 Å². The number of nitrogens with zero attached hydrogens (tertiary/aromatic N) is 1. The fraction of sp³-hybridized carbons (Fsp3) is 0.600. The van der Waals surface area contributed by atoms with Gasteiger partial charge in [-0.15, -0.1) is 0 Å². The fourth-order valence-corrected chi connectivity index (χ4v) is 3.86. The van der Waals surface area contributed by atoms with E-state index in [0.29, 0.717) is 30.0 Å². The van der Waals surface area contributed by atoms with E-state index in [9.17, 15) is 0 Å². The first kappa shape index (κ1) is 11.0. The first-order chi connectivity index (χ1) is 8.84. The molecule has 3 aliphatic rings. The van der Waals surface area contributed by atoms with Gasteiger partial charge in [0, 0.05) is 37.6 Å². The van der Waals surface area contributed by atoms with Crippen LogP contribution in [-0.4, -0.2) is 42.8 Å². The maximum Gasteiger partial charge on any atom is 0.0789 e. The predicted molar refractivity (Wildman–Crippen MR) is 70.4 cm³/mol. The predicted octanol–water partition coefficient (Wildman–Crippen LogP) is 1.20. The van der Waals surface area contributed by atoms with Gasteiger partial charge < -0.3 is 10.5 Å². The lowest BCUT2D eigenvalue weighted by Gasteiger charge is -2.56. The second kappa shape index (κ2) is 4.05. The Balaban J connectivity index is 1.40. The highest BCUT2D eigenvalue weighted by molar-refractivity contribution is 5.24. The molecule has 0 spiro atoms. The third-order valence-electron chi connectivity index (χ3n) is 5.01.